The number of para-hydroxylation sites is 1. The van der Waals surface area contributed by atoms with Gasteiger partial charge in [-0.15, -0.1) is 0 Å². The highest BCUT2D eigenvalue weighted by molar-refractivity contribution is 5.86. The summed E-state index contributed by atoms with van der Waals surface area (Å²) in [5.41, 5.74) is 3.19. The van der Waals surface area contributed by atoms with Crippen molar-refractivity contribution in [3.8, 4) is 0 Å². The number of carbonyl (C=O) groups is 1. The Balaban J connectivity index is 1.52. The maximum Gasteiger partial charge on any atom is 0.220 e. The highest BCUT2D eigenvalue weighted by atomic mass is 19.1. The van der Waals surface area contributed by atoms with E-state index < -0.39 is 0 Å². The average molecular weight is 408 g/mol. The van der Waals surface area contributed by atoms with Gasteiger partial charge in [-0.2, -0.15) is 0 Å². The third-order valence-electron chi connectivity index (χ3n) is 6.16. The van der Waals surface area contributed by atoms with Gasteiger partial charge in [0.05, 0.1) is 0 Å². The lowest BCUT2D eigenvalue weighted by Gasteiger charge is -2.26. The molecule has 1 atom stereocenters. The van der Waals surface area contributed by atoms with Crippen LogP contribution in [0.5, 0.6) is 0 Å². The van der Waals surface area contributed by atoms with E-state index in [2.05, 4.69) is 33.1 Å². The molecule has 1 amide bonds. The van der Waals surface area contributed by atoms with E-state index >= 15 is 0 Å². The van der Waals surface area contributed by atoms with Crippen LogP contribution in [0.25, 0.3) is 10.9 Å². The quantitative estimate of drug-likeness (QED) is 0.629. The molecule has 0 spiro atoms. The Bertz CT molecular complexity index is 989. The lowest BCUT2D eigenvalue weighted by Crippen LogP contribution is -2.38. The van der Waals surface area contributed by atoms with Crippen LogP contribution in [-0.4, -0.2) is 41.6 Å². The number of amides is 1. The zero-order chi connectivity index (χ0) is 20.9. The number of fused-ring (bicyclic) bond motifs is 1. The second-order valence-electron chi connectivity index (χ2n) is 8.27. The molecule has 158 valence electrons. The SMILES string of the molecule is Cn1cc(C(CC(=O)NCCN2CCCCC2)c2ccc(F)cc2)c2ccccc21. The second-order valence-corrected chi connectivity index (χ2v) is 8.27. The normalized spacial score (nSPS) is 15.9. The summed E-state index contributed by atoms with van der Waals surface area (Å²) in [6.45, 7) is 3.83. The van der Waals surface area contributed by atoms with Crippen LogP contribution < -0.4 is 5.32 Å². The minimum atomic E-state index is -0.263. The molecule has 1 N–H and O–H groups in total. The summed E-state index contributed by atoms with van der Waals surface area (Å²) < 4.78 is 15.6. The van der Waals surface area contributed by atoms with Gasteiger partial charge >= 0.3 is 0 Å². The van der Waals surface area contributed by atoms with E-state index in [1.165, 1.54) is 31.4 Å². The monoisotopic (exact) mass is 407 g/mol. The van der Waals surface area contributed by atoms with Crippen LogP contribution in [0.15, 0.2) is 54.7 Å². The van der Waals surface area contributed by atoms with Crippen LogP contribution in [-0.2, 0) is 11.8 Å². The molecule has 1 aliphatic heterocycles. The molecule has 2 heterocycles. The summed E-state index contributed by atoms with van der Waals surface area (Å²) in [4.78, 5) is 15.3. The number of benzene rings is 2. The fourth-order valence-corrected chi connectivity index (χ4v) is 4.55. The van der Waals surface area contributed by atoms with Crippen LogP contribution in [0.4, 0.5) is 4.39 Å². The first-order valence-electron chi connectivity index (χ1n) is 10.9. The van der Waals surface area contributed by atoms with Gasteiger partial charge < -0.3 is 14.8 Å². The third-order valence-corrected chi connectivity index (χ3v) is 6.16. The van der Waals surface area contributed by atoms with E-state index in [4.69, 9.17) is 0 Å². The van der Waals surface area contributed by atoms with Crippen LogP contribution in [0.3, 0.4) is 0 Å². The van der Waals surface area contributed by atoms with Crippen molar-refractivity contribution in [3.63, 3.8) is 0 Å². The first-order chi connectivity index (χ1) is 14.6. The van der Waals surface area contributed by atoms with Gasteiger partial charge in [-0.1, -0.05) is 36.8 Å². The first-order valence-corrected chi connectivity index (χ1v) is 10.9. The van der Waals surface area contributed by atoms with Crippen molar-refractivity contribution in [2.45, 2.75) is 31.6 Å². The number of aryl methyl sites for hydroxylation is 1. The number of nitrogens with one attached hydrogen (secondary N) is 1. The molecule has 30 heavy (non-hydrogen) atoms. The van der Waals surface area contributed by atoms with E-state index in [0.717, 1.165) is 41.7 Å². The summed E-state index contributed by atoms with van der Waals surface area (Å²) in [5.74, 6) is -0.345. The molecular formula is C25H30FN3O. The molecule has 1 fully saturated rings. The van der Waals surface area contributed by atoms with E-state index in [-0.39, 0.29) is 17.6 Å². The highest BCUT2D eigenvalue weighted by Crippen LogP contribution is 2.34. The molecule has 5 heteroatoms. The topological polar surface area (TPSA) is 37.3 Å². The molecule has 0 saturated carbocycles. The minimum Gasteiger partial charge on any atom is -0.355 e. The third kappa shape index (κ3) is 4.73. The van der Waals surface area contributed by atoms with Crippen molar-refractivity contribution >= 4 is 16.8 Å². The Morgan fingerprint density at radius 3 is 2.57 bits per heavy atom. The minimum absolute atomic E-state index is 0.0364. The van der Waals surface area contributed by atoms with Crippen molar-refractivity contribution in [1.82, 2.24) is 14.8 Å². The number of carbonyl (C=O) groups excluding carboxylic acids is 1. The molecule has 1 aromatic heterocycles. The van der Waals surface area contributed by atoms with Crippen molar-refractivity contribution < 1.29 is 9.18 Å². The zero-order valence-electron chi connectivity index (χ0n) is 17.6. The van der Waals surface area contributed by atoms with E-state index in [9.17, 15) is 9.18 Å². The lowest BCUT2D eigenvalue weighted by atomic mass is 9.88. The van der Waals surface area contributed by atoms with Crippen molar-refractivity contribution in [1.29, 1.82) is 0 Å². The number of likely N-dealkylation sites (tertiary alicyclic amines) is 1. The highest BCUT2D eigenvalue weighted by Gasteiger charge is 2.22. The number of aromatic nitrogens is 1. The average Bonchev–Trinajstić information content (AvgIpc) is 3.10. The van der Waals surface area contributed by atoms with Crippen molar-refractivity contribution in [2.24, 2.45) is 7.05 Å². The summed E-state index contributed by atoms with van der Waals surface area (Å²) in [7, 11) is 2.02. The Labute approximate surface area is 177 Å². The number of hydrogen-bond acceptors (Lipinski definition) is 2. The number of rotatable bonds is 7. The molecule has 1 saturated heterocycles. The summed E-state index contributed by atoms with van der Waals surface area (Å²) in [6.07, 6.45) is 6.26. The second kappa shape index (κ2) is 9.43. The molecule has 0 aliphatic carbocycles. The molecular weight excluding hydrogens is 377 g/mol. The fraction of sp³-hybridized carbons (Fsp3) is 0.400. The van der Waals surface area contributed by atoms with Crippen molar-refractivity contribution in [3.05, 3.63) is 71.7 Å². The van der Waals surface area contributed by atoms with Crippen LogP contribution >= 0.6 is 0 Å². The molecule has 1 unspecified atom stereocenters. The smallest absolute Gasteiger partial charge is 0.220 e. The van der Waals surface area contributed by atoms with Gasteiger partial charge in [0.2, 0.25) is 5.91 Å². The Hall–Kier alpha value is -2.66. The van der Waals surface area contributed by atoms with Gasteiger partial charge in [0.1, 0.15) is 5.82 Å². The predicted molar refractivity (Wildman–Crippen MR) is 119 cm³/mol. The number of hydrogen-bond donors (Lipinski definition) is 1. The zero-order valence-corrected chi connectivity index (χ0v) is 17.6. The van der Waals surface area contributed by atoms with Gasteiger partial charge in [-0.05, 0) is 55.3 Å². The Morgan fingerprint density at radius 2 is 1.80 bits per heavy atom. The van der Waals surface area contributed by atoms with Crippen molar-refractivity contribution in [2.75, 3.05) is 26.2 Å². The summed E-state index contributed by atoms with van der Waals surface area (Å²) in [6, 6.07) is 14.8. The lowest BCUT2D eigenvalue weighted by molar-refractivity contribution is -0.121. The van der Waals surface area contributed by atoms with Crippen LogP contribution in [0, 0.1) is 5.82 Å². The first kappa shape index (κ1) is 20.6. The standard InChI is InChI=1S/C25H30FN3O/c1-28-18-23(21-7-3-4-8-24(21)28)22(19-9-11-20(26)12-10-19)17-25(30)27-13-16-29-14-5-2-6-15-29/h3-4,7-12,18,22H,2,5-6,13-17H2,1H3,(H,27,30). The molecule has 4 nitrogen and oxygen atoms in total. The van der Waals surface area contributed by atoms with Gasteiger partial charge in [-0.3, -0.25) is 4.79 Å². The molecule has 3 aromatic rings. The van der Waals surface area contributed by atoms with Gasteiger partial charge in [0.15, 0.2) is 0 Å². The maximum atomic E-state index is 13.5. The fourth-order valence-electron chi connectivity index (χ4n) is 4.55. The molecule has 0 radical (unpaired) electrons. The largest absolute Gasteiger partial charge is 0.355 e. The van der Waals surface area contributed by atoms with Gasteiger partial charge in [-0.25, -0.2) is 4.39 Å². The van der Waals surface area contributed by atoms with Crippen LogP contribution in [0.2, 0.25) is 0 Å². The van der Waals surface area contributed by atoms with E-state index in [1.54, 1.807) is 12.1 Å². The Morgan fingerprint density at radius 1 is 1.07 bits per heavy atom. The predicted octanol–water partition coefficient (Wildman–Crippen LogP) is 4.44. The molecule has 0 bridgehead atoms. The van der Waals surface area contributed by atoms with E-state index in [0.29, 0.717) is 13.0 Å². The number of piperidine rings is 1. The van der Waals surface area contributed by atoms with Gasteiger partial charge in [0.25, 0.3) is 0 Å². The number of nitrogens with zero attached hydrogens (tertiary/aromatic N) is 2. The van der Waals surface area contributed by atoms with Gasteiger partial charge in [0, 0.05) is 49.6 Å². The molecule has 4 rings (SSSR count). The maximum absolute atomic E-state index is 13.5. The van der Waals surface area contributed by atoms with Crippen LogP contribution in [0.1, 0.15) is 42.7 Å². The summed E-state index contributed by atoms with van der Waals surface area (Å²) >= 11 is 0. The summed E-state index contributed by atoms with van der Waals surface area (Å²) in [5, 5.41) is 4.24. The molecule has 1 aliphatic rings. The Kier molecular flexibility index (Phi) is 6.48. The van der Waals surface area contributed by atoms with E-state index in [1.807, 2.05) is 19.2 Å². The number of halogens is 1. The molecule has 2 aromatic carbocycles.